The van der Waals surface area contributed by atoms with Crippen LogP contribution in [0.3, 0.4) is 0 Å². The normalized spacial score (nSPS) is 14.0. The summed E-state index contributed by atoms with van der Waals surface area (Å²) < 4.78 is 10.7. The Balaban J connectivity index is 1.82. The lowest BCUT2D eigenvalue weighted by atomic mass is 10.2. The lowest BCUT2D eigenvalue weighted by Crippen LogP contribution is -2.26. The zero-order valence-corrected chi connectivity index (χ0v) is 11.1. The molecule has 0 radical (unpaired) electrons. The summed E-state index contributed by atoms with van der Waals surface area (Å²) in [6, 6.07) is 5.88. The number of carbonyl (C=O) groups excluding carboxylic acids is 1. The third-order valence-corrected chi connectivity index (χ3v) is 3.02. The minimum atomic E-state index is 0.0466. The van der Waals surface area contributed by atoms with E-state index in [1.807, 2.05) is 18.2 Å². The summed E-state index contributed by atoms with van der Waals surface area (Å²) in [5, 5.41) is 2.92. The molecule has 1 aliphatic carbocycles. The fourth-order valence-corrected chi connectivity index (χ4v) is 1.76. The average molecular weight is 264 g/mol. The fourth-order valence-electron chi connectivity index (χ4n) is 1.76. The van der Waals surface area contributed by atoms with Gasteiger partial charge in [-0.15, -0.1) is 0 Å². The predicted molar refractivity (Wildman–Crippen MR) is 72.2 cm³/mol. The molecule has 19 heavy (non-hydrogen) atoms. The number of nitrogens with two attached hydrogens (primary N) is 1. The summed E-state index contributed by atoms with van der Waals surface area (Å²) in [6.07, 6.45) is 2.57. The van der Waals surface area contributed by atoms with Gasteiger partial charge in [-0.2, -0.15) is 0 Å². The molecule has 0 aliphatic heterocycles. The first-order valence-electron chi connectivity index (χ1n) is 6.52. The number of methoxy groups -OCH3 is 1. The number of carbonyl (C=O) groups is 1. The molecule has 1 amide bonds. The Morgan fingerprint density at radius 2 is 2.26 bits per heavy atom. The van der Waals surface area contributed by atoms with Crippen LogP contribution in [0.1, 0.15) is 24.8 Å². The third-order valence-electron chi connectivity index (χ3n) is 3.02. The topological polar surface area (TPSA) is 73.6 Å². The molecule has 0 spiro atoms. The van der Waals surface area contributed by atoms with E-state index in [4.69, 9.17) is 15.2 Å². The quantitative estimate of drug-likeness (QED) is 0.776. The van der Waals surface area contributed by atoms with Crippen LogP contribution in [-0.4, -0.2) is 25.7 Å². The average Bonchev–Trinajstić information content (AvgIpc) is 3.22. The van der Waals surface area contributed by atoms with Crippen LogP contribution in [0.5, 0.6) is 11.5 Å². The lowest BCUT2D eigenvalue weighted by Gasteiger charge is -2.11. The van der Waals surface area contributed by atoms with Crippen molar-refractivity contribution in [1.82, 2.24) is 5.32 Å². The molecule has 1 aliphatic rings. The van der Waals surface area contributed by atoms with Gasteiger partial charge in [0.15, 0.2) is 0 Å². The van der Waals surface area contributed by atoms with Crippen molar-refractivity contribution in [3.8, 4) is 11.5 Å². The summed E-state index contributed by atoms with van der Waals surface area (Å²) in [7, 11) is 1.61. The minimum absolute atomic E-state index is 0.0466. The van der Waals surface area contributed by atoms with E-state index in [0.717, 1.165) is 24.2 Å². The molecule has 1 aromatic rings. The summed E-state index contributed by atoms with van der Waals surface area (Å²) in [6.45, 7) is 0.735. The second-order valence-corrected chi connectivity index (χ2v) is 4.62. The van der Waals surface area contributed by atoms with Gasteiger partial charge in [-0.3, -0.25) is 4.79 Å². The Morgan fingerprint density at radius 1 is 1.47 bits per heavy atom. The van der Waals surface area contributed by atoms with Gasteiger partial charge >= 0.3 is 0 Å². The highest BCUT2D eigenvalue weighted by Gasteiger charge is 2.22. The maximum absolute atomic E-state index is 11.5. The van der Waals surface area contributed by atoms with Crippen LogP contribution in [0, 0.1) is 0 Å². The highest BCUT2D eigenvalue weighted by Crippen LogP contribution is 2.24. The van der Waals surface area contributed by atoms with E-state index in [1.54, 1.807) is 7.11 Å². The number of hydrogen-bond donors (Lipinski definition) is 2. The van der Waals surface area contributed by atoms with Crippen molar-refractivity contribution in [3.63, 3.8) is 0 Å². The fraction of sp³-hybridized carbons (Fsp3) is 0.500. The van der Waals surface area contributed by atoms with Gasteiger partial charge in [-0.05, 0) is 31.0 Å². The van der Waals surface area contributed by atoms with E-state index in [0.29, 0.717) is 31.4 Å². The highest BCUT2D eigenvalue weighted by molar-refractivity contribution is 5.76. The van der Waals surface area contributed by atoms with Crippen LogP contribution < -0.4 is 20.5 Å². The summed E-state index contributed by atoms with van der Waals surface area (Å²) >= 11 is 0. The molecule has 1 saturated carbocycles. The van der Waals surface area contributed by atoms with Crippen molar-refractivity contribution in [3.05, 3.63) is 23.8 Å². The highest BCUT2D eigenvalue weighted by atomic mass is 16.5. The van der Waals surface area contributed by atoms with Crippen LogP contribution in [0.15, 0.2) is 18.2 Å². The number of rotatable bonds is 7. The van der Waals surface area contributed by atoms with E-state index in [2.05, 4.69) is 5.32 Å². The standard InChI is InChI=1S/C14H20N2O3/c1-18-12-4-5-13(10(8-12)9-15)19-7-6-14(17)16-11-2-3-11/h4-5,8,11H,2-3,6-7,9,15H2,1H3,(H,16,17). The van der Waals surface area contributed by atoms with Crippen molar-refractivity contribution in [2.24, 2.45) is 5.73 Å². The first kappa shape index (κ1) is 13.7. The molecule has 1 fully saturated rings. The zero-order valence-electron chi connectivity index (χ0n) is 11.1. The Bertz CT molecular complexity index is 444. The Kier molecular flexibility index (Phi) is 4.63. The van der Waals surface area contributed by atoms with E-state index >= 15 is 0 Å². The van der Waals surface area contributed by atoms with Gasteiger partial charge in [0.1, 0.15) is 11.5 Å². The van der Waals surface area contributed by atoms with Crippen molar-refractivity contribution < 1.29 is 14.3 Å². The van der Waals surface area contributed by atoms with Crippen LogP contribution in [0.2, 0.25) is 0 Å². The van der Waals surface area contributed by atoms with Crippen molar-refractivity contribution in [2.75, 3.05) is 13.7 Å². The monoisotopic (exact) mass is 264 g/mol. The van der Waals surface area contributed by atoms with Crippen molar-refractivity contribution >= 4 is 5.91 Å². The smallest absolute Gasteiger partial charge is 0.223 e. The van der Waals surface area contributed by atoms with Crippen LogP contribution in [0.25, 0.3) is 0 Å². The maximum Gasteiger partial charge on any atom is 0.223 e. The van der Waals surface area contributed by atoms with Gasteiger partial charge in [0.2, 0.25) is 5.91 Å². The summed E-state index contributed by atoms with van der Waals surface area (Å²) in [4.78, 5) is 11.5. The largest absolute Gasteiger partial charge is 0.497 e. The molecule has 0 atom stereocenters. The van der Waals surface area contributed by atoms with E-state index in [9.17, 15) is 4.79 Å². The Labute approximate surface area is 113 Å². The van der Waals surface area contributed by atoms with Gasteiger partial charge in [-0.25, -0.2) is 0 Å². The van der Waals surface area contributed by atoms with Crippen LogP contribution >= 0.6 is 0 Å². The molecule has 0 unspecified atom stereocenters. The van der Waals surface area contributed by atoms with Gasteiger partial charge in [-0.1, -0.05) is 0 Å². The number of ether oxygens (including phenoxy) is 2. The van der Waals surface area contributed by atoms with Gasteiger partial charge in [0.25, 0.3) is 0 Å². The summed E-state index contributed by atoms with van der Waals surface area (Å²) in [5.41, 5.74) is 6.54. The molecular formula is C14H20N2O3. The first-order valence-corrected chi connectivity index (χ1v) is 6.52. The SMILES string of the molecule is COc1ccc(OCCC(=O)NC2CC2)c(CN)c1. The molecule has 0 aromatic heterocycles. The Hall–Kier alpha value is -1.75. The first-order chi connectivity index (χ1) is 9.22. The number of amides is 1. The van der Waals surface area contributed by atoms with Gasteiger partial charge in [0, 0.05) is 18.2 Å². The van der Waals surface area contributed by atoms with Crippen LogP contribution in [-0.2, 0) is 11.3 Å². The minimum Gasteiger partial charge on any atom is -0.497 e. The molecule has 0 bridgehead atoms. The van der Waals surface area contributed by atoms with E-state index in [1.165, 1.54) is 0 Å². The number of nitrogens with one attached hydrogen (secondary N) is 1. The zero-order chi connectivity index (χ0) is 13.7. The maximum atomic E-state index is 11.5. The molecule has 5 nitrogen and oxygen atoms in total. The van der Waals surface area contributed by atoms with E-state index < -0.39 is 0 Å². The van der Waals surface area contributed by atoms with Crippen molar-refractivity contribution in [1.29, 1.82) is 0 Å². The van der Waals surface area contributed by atoms with Gasteiger partial charge < -0.3 is 20.5 Å². The number of benzene rings is 1. The molecule has 3 N–H and O–H groups in total. The molecule has 5 heteroatoms. The molecule has 104 valence electrons. The number of hydrogen-bond acceptors (Lipinski definition) is 4. The molecule has 2 rings (SSSR count). The predicted octanol–water partition coefficient (Wildman–Crippen LogP) is 1.20. The molecular weight excluding hydrogens is 244 g/mol. The summed E-state index contributed by atoms with van der Waals surface area (Å²) in [5.74, 6) is 1.51. The second kappa shape index (κ2) is 6.43. The molecule has 0 heterocycles. The van der Waals surface area contributed by atoms with Gasteiger partial charge in [0.05, 0.1) is 20.1 Å². The Morgan fingerprint density at radius 3 is 2.89 bits per heavy atom. The molecule has 0 saturated heterocycles. The lowest BCUT2D eigenvalue weighted by molar-refractivity contribution is -0.121. The van der Waals surface area contributed by atoms with Crippen LogP contribution in [0.4, 0.5) is 0 Å². The van der Waals surface area contributed by atoms with E-state index in [-0.39, 0.29) is 5.91 Å². The van der Waals surface area contributed by atoms with Crippen molar-refractivity contribution in [2.45, 2.75) is 31.8 Å². The third kappa shape index (κ3) is 4.13. The molecule has 1 aromatic carbocycles. The second-order valence-electron chi connectivity index (χ2n) is 4.62.